The lowest BCUT2D eigenvalue weighted by Gasteiger charge is -2.24. The van der Waals surface area contributed by atoms with Crippen molar-refractivity contribution in [1.82, 2.24) is 5.32 Å². The highest BCUT2D eigenvalue weighted by atomic mass is 19.2. The first-order chi connectivity index (χ1) is 6.79. The predicted octanol–water partition coefficient (Wildman–Crippen LogP) is 2.36. The van der Waals surface area contributed by atoms with E-state index in [1.54, 1.807) is 36.4 Å². The highest BCUT2D eigenvalue weighted by Crippen LogP contribution is 2.20. The number of para-hydroxylation sites is 1. The Balaban J connectivity index is 2.11. The maximum absolute atomic E-state index is 13.8. The number of ether oxygens (including phenoxy) is 1. The summed E-state index contributed by atoms with van der Waals surface area (Å²) in [6, 6.07) is 8.84. The van der Waals surface area contributed by atoms with Crippen LogP contribution in [-0.2, 0) is 0 Å². The van der Waals surface area contributed by atoms with Gasteiger partial charge in [-0.25, -0.2) is 0 Å². The van der Waals surface area contributed by atoms with Crippen molar-refractivity contribution in [3.63, 3.8) is 0 Å². The molecule has 14 heavy (non-hydrogen) atoms. The molecule has 3 heteroatoms. The summed E-state index contributed by atoms with van der Waals surface area (Å²) < 4.78 is 18.9. The Morgan fingerprint density at radius 1 is 1.14 bits per heavy atom. The van der Waals surface area contributed by atoms with Crippen LogP contribution in [0.25, 0.3) is 0 Å². The van der Waals surface area contributed by atoms with Gasteiger partial charge in [-0.3, -0.25) is 0 Å². The Bertz CT molecular complexity index is 361. The zero-order valence-corrected chi connectivity index (χ0v) is 7.48. The molecule has 1 aliphatic rings. The summed E-state index contributed by atoms with van der Waals surface area (Å²) in [5, 5.41) is 2.49. The van der Waals surface area contributed by atoms with Crippen LogP contribution in [0.2, 0.25) is 0 Å². The lowest BCUT2D eigenvalue weighted by molar-refractivity contribution is -0.0356. The molecule has 0 spiro atoms. The average Bonchev–Trinajstić information content (AvgIpc) is 2.19. The summed E-state index contributed by atoms with van der Waals surface area (Å²) in [4.78, 5) is 0. The molecule has 1 atom stereocenters. The van der Waals surface area contributed by atoms with Crippen LogP contribution < -0.4 is 10.1 Å². The van der Waals surface area contributed by atoms with Crippen LogP contribution in [0.4, 0.5) is 4.39 Å². The van der Waals surface area contributed by atoms with Gasteiger partial charge in [0, 0.05) is 12.3 Å². The molecule has 0 saturated heterocycles. The molecule has 0 saturated carbocycles. The van der Waals surface area contributed by atoms with Gasteiger partial charge in [-0.2, -0.15) is 4.39 Å². The van der Waals surface area contributed by atoms with E-state index >= 15 is 0 Å². The fourth-order valence-corrected chi connectivity index (χ4v) is 1.17. The summed E-state index contributed by atoms with van der Waals surface area (Å²) in [6.07, 6.45) is 6.12. The smallest absolute Gasteiger partial charge is 0.350 e. The van der Waals surface area contributed by atoms with Gasteiger partial charge in [0.15, 0.2) is 0 Å². The third kappa shape index (κ3) is 1.93. The average molecular weight is 191 g/mol. The largest absolute Gasteiger partial charge is 0.438 e. The summed E-state index contributed by atoms with van der Waals surface area (Å²) in [6.45, 7) is 0. The molecule has 0 radical (unpaired) electrons. The number of allylic oxidation sites excluding steroid dienone is 2. The molecule has 1 heterocycles. The maximum atomic E-state index is 13.8. The van der Waals surface area contributed by atoms with Gasteiger partial charge in [0.2, 0.25) is 0 Å². The number of halogens is 1. The SMILES string of the molecule is FC1(Oc2ccccc2)C=CC=CN1. The molecular formula is C11H10FNO. The van der Waals surface area contributed by atoms with Crippen molar-refractivity contribution in [3.8, 4) is 5.75 Å². The lowest BCUT2D eigenvalue weighted by atomic mass is 10.3. The van der Waals surface area contributed by atoms with E-state index in [0.29, 0.717) is 5.75 Å². The minimum Gasteiger partial charge on any atom is -0.438 e. The molecule has 1 aliphatic heterocycles. The van der Waals surface area contributed by atoms with E-state index in [4.69, 9.17) is 4.74 Å². The normalized spacial score (nSPS) is 24.4. The molecule has 1 unspecified atom stereocenters. The number of benzene rings is 1. The van der Waals surface area contributed by atoms with Gasteiger partial charge in [0.1, 0.15) is 5.75 Å². The van der Waals surface area contributed by atoms with Gasteiger partial charge >= 0.3 is 5.98 Å². The van der Waals surface area contributed by atoms with Gasteiger partial charge in [0.25, 0.3) is 0 Å². The summed E-state index contributed by atoms with van der Waals surface area (Å²) in [5.74, 6) is -1.45. The first kappa shape index (κ1) is 8.81. The topological polar surface area (TPSA) is 21.3 Å². The van der Waals surface area contributed by atoms with Crippen LogP contribution >= 0.6 is 0 Å². The fourth-order valence-electron chi connectivity index (χ4n) is 1.17. The quantitative estimate of drug-likeness (QED) is 0.724. The van der Waals surface area contributed by atoms with E-state index in [9.17, 15) is 4.39 Å². The molecular weight excluding hydrogens is 181 g/mol. The van der Waals surface area contributed by atoms with E-state index in [1.165, 1.54) is 12.3 Å². The summed E-state index contributed by atoms with van der Waals surface area (Å²) in [7, 11) is 0. The Kier molecular flexibility index (Phi) is 2.23. The number of hydrogen-bond donors (Lipinski definition) is 1. The number of alkyl halides is 1. The monoisotopic (exact) mass is 191 g/mol. The molecule has 1 aromatic rings. The predicted molar refractivity (Wildman–Crippen MR) is 52.3 cm³/mol. The molecule has 0 fully saturated rings. The van der Waals surface area contributed by atoms with Crippen molar-refractivity contribution < 1.29 is 9.13 Å². The van der Waals surface area contributed by atoms with Gasteiger partial charge < -0.3 is 10.1 Å². The highest BCUT2D eigenvalue weighted by molar-refractivity contribution is 5.24. The second-order valence-corrected chi connectivity index (χ2v) is 2.92. The van der Waals surface area contributed by atoms with E-state index in [2.05, 4.69) is 5.32 Å². The molecule has 2 rings (SSSR count). The fraction of sp³-hybridized carbons (Fsp3) is 0.0909. The molecule has 1 N–H and O–H groups in total. The highest BCUT2D eigenvalue weighted by Gasteiger charge is 2.27. The van der Waals surface area contributed by atoms with Crippen LogP contribution in [0, 0.1) is 0 Å². The zero-order valence-electron chi connectivity index (χ0n) is 7.48. The van der Waals surface area contributed by atoms with Gasteiger partial charge in [-0.15, -0.1) is 0 Å². The van der Waals surface area contributed by atoms with Gasteiger partial charge in [-0.05, 0) is 18.2 Å². The molecule has 1 aromatic carbocycles. The number of nitrogens with one attached hydrogen (secondary N) is 1. The van der Waals surface area contributed by atoms with E-state index in [0.717, 1.165) is 0 Å². The van der Waals surface area contributed by atoms with Crippen molar-refractivity contribution >= 4 is 0 Å². The minimum absolute atomic E-state index is 0.488. The van der Waals surface area contributed by atoms with Crippen LogP contribution in [0.1, 0.15) is 0 Å². The van der Waals surface area contributed by atoms with Crippen LogP contribution in [0.15, 0.2) is 54.8 Å². The summed E-state index contributed by atoms with van der Waals surface area (Å²) >= 11 is 0. The van der Waals surface area contributed by atoms with E-state index < -0.39 is 5.98 Å². The Morgan fingerprint density at radius 3 is 2.57 bits per heavy atom. The Labute approximate surface area is 81.7 Å². The Hall–Kier alpha value is -1.77. The van der Waals surface area contributed by atoms with Gasteiger partial charge in [-0.1, -0.05) is 24.3 Å². The molecule has 0 aliphatic carbocycles. The van der Waals surface area contributed by atoms with Crippen molar-refractivity contribution in [2.45, 2.75) is 5.98 Å². The lowest BCUT2D eigenvalue weighted by Crippen LogP contribution is -2.42. The van der Waals surface area contributed by atoms with Crippen LogP contribution in [-0.4, -0.2) is 5.98 Å². The number of rotatable bonds is 2. The van der Waals surface area contributed by atoms with Crippen molar-refractivity contribution in [2.75, 3.05) is 0 Å². The third-order valence-corrected chi connectivity index (χ3v) is 1.81. The summed E-state index contributed by atoms with van der Waals surface area (Å²) in [5.41, 5.74) is 0. The first-order valence-electron chi connectivity index (χ1n) is 4.34. The van der Waals surface area contributed by atoms with Gasteiger partial charge in [0.05, 0.1) is 0 Å². The van der Waals surface area contributed by atoms with Crippen molar-refractivity contribution in [2.24, 2.45) is 0 Å². The van der Waals surface area contributed by atoms with E-state index in [-0.39, 0.29) is 0 Å². The zero-order chi connectivity index (χ0) is 9.86. The molecule has 0 aromatic heterocycles. The third-order valence-electron chi connectivity index (χ3n) is 1.81. The van der Waals surface area contributed by atoms with Crippen LogP contribution in [0.3, 0.4) is 0 Å². The standard InChI is InChI=1S/C11H10FNO/c12-11(8-4-5-9-13-11)14-10-6-2-1-3-7-10/h1-9,13H. The molecule has 72 valence electrons. The molecule has 0 amide bonds. The first-order valence-corrected chi connectivity index (χ1v) is 4.34. The molecule has 0 bridgehead atoms. The van der Waals surface area contributed by atoms with Crippen molar-refractivity contribution in [3.05, 3.63) is 54.8 Å². The maximum Gasteiger partial charge on any atom is 0.350 e. The van der Waals surface area contributed by atoms with E-state index in [1.807, 2.05) is 6.07 Å². The number of hydrogen-bond acceptors (Lipinski definition) is 2. The Morgan fingerprint density at radius 2 is 1.93 bits per heavy atom. The second kappa shape index (κ2) is 3.54. The minimum atomic E-state index is -1.93. The second-order valence-electron chi connectivity index (χ2n) is 2.92. The van der Waals surface area contributed by atoms with Crippen LogP contribution in [0.5, 0.6) is 5.75 Å². The number of dihydropyridines is 1. The molecule has 2 nitrogen and oxygen atoms in total. The van der Waals surface area contributed by atoms with Crippen molar-refractivity contribution in [1.29, 1.82) is 0 Å².